The molecule has 0 unspecified atom stereocenters. The minimum Gasteiger partial charge on any atom is -0.381 e. The molecule has 1 aliphatic rings. The van der Waals surface area contributed by atoms with Crippen molar-refractivity contribution in [3.05, 3.63) is 18.0 Å². The quantitative estimate of drug-likeness (QED) is 0.799. The van der Waals surface area contributed by atoms with E-state index in [1.165, 1.54) is 0 Å². The van der Waals surface area contributed by atoms with Crippen molar-refractivity contribution in [3.63, 3.8) is 0 Å². The first kappa shape index (κ1) is 11.2. The maximum absolute atomic E-state index is 11.1. The highest BCUT2D eigenvalue weighted by Crippen LogP contribution is 2.25. The largest absolute Gasteiger partial charge is 0.381 e. The molecule has 3 rings (SSSR count). The summed E-state index contributed by atoms with van der Waals surface area (Å²) < 4.78 is 5.33. The van der Waals surface area contributed by atoms with Crippen molar-refractivity contribution in [1.82, 2.24) is 15.2 Å². The van der Waals surface area contributed by atoms with Crippen molar-refractivity contribution in [2.75, 3.05) is 18.5 Å². The number of nitrogens with one attached hydrogen (secondary N) is 2. The topological polar surface area (TPSA) is 79.9 Å². The first-order valence-corrected chi connectivity index (χ1v) is 6.00. The van der Waals surface area contributed by atoms with Crippen molar-refractivity contribution < 1.29 is 9.53 Å². The van der Waals surface area contributed by atoms with E-state index in [1.54, 1.807) is 12.4 Å². The molecule has 1 saturated heterocycles. The normalized spacial score (nSPS) is 16.9. The van der Waals surface area contributed by atoms with Crippen LogP contribution in [0.5, 0.6) is 0 Å². The number of H-pyrrole nitrogens is 1. The number of aromatic nitrogens is 3. The highest BCUT2D eigenvalue weighted by atomic mass is 16.5. The number of ether oxygens (including phenoxy) is 1. The Morgan fingerprint density at radius 3 is 3.00 bits per heavy atom. The zero-order valence-electron chi connectivity index (χ0n) is 9.85. The number of nitrogens with zero attached hydrogens (tertiary/aromatic N) is 2. The number of carbonyl (C=O) groups excluding carboxylic acids is 1. The average molecular weight is 246 g/mol. The van der Waals surface area contributed by atoms with Crippen LogP contribution in [0.15, 0.2) is 12.4 Å². The Kier molecular flexibility index (Phi) is 2.93. The van der Waals surface area contributed by atoms with Crippen molar-refractivity contribution >= 4 is 23.0 Å². The van der Waals surface area contributed by atoms with Gasteiger partial charge in [-0.2, -0.15) is 5.10 Å². The Balaban J connectivity index is 1.97. The summed E-state index contributed by atoms with van der Waals surface area (Å²) in [5, 5.41) is 11.0. The second kappa shape index (κ2) is 4.73. The molecule has 0 radical (unpaired) electrons. The molecule has 2 aromatic heterocycles. The predicted molar refractivity (Wildman–Crippen MR) is 66.7 cm³/mol. The summed E-state index contributed by atoms with van der Waals surface area (Å²) in [6, 6.07) is 0.331. The molecule has 0 aromatic carbocycles. The van der Waals surface area contributed by atoms with Crippen LogP contribution >= 0.6 is 0 Å². The molecule has 0 aliphatic carbocycles. The second-order valence-corrected chi connectivity index (χ2v) is 4.37. The summed E-state index contributed by atoms with van der Waals surface area (Å²) in [6.45, 7) is 1.52. The lowest BCUT2D eigenvalue weighted by atomic mass is 10.1. The fourth-order valence-electron chi connectivity index (χ4n) is 2.21. The van der Waals surface area contributed by atoms with E-state index in [0.717, 1.165) is 43.4 Å². The van der Waals surface area contributed by atoms with Crippen LogP contribution < -0.4 is 5.32 Å². The monoisotopic (exact) mass is 246 g/mol. The molecule has 2 N–H and O–H groups in total. The predicted octanol–water partition coefficient (Wildman–Crippen LogP) is 1.36. The molecular weight excluding hydrogens is 232 g/mol. The van der Waals surface area contributed by atoms with E-state index < -0.39 is 0 Å². The molecule has 6 heteroatoms. The summed E-state index contributed by atoms with van der Waals surface area (Å²) in [5.74, 6) is 0. The van der Waals surface area contributed by atoms with Crippen LogP contribution in [-0.2, 0) is 4.74 Å². The van der Waals surface area contributed by atoms with E-state index in [-0.39, 0.29) is 0 Å². The molecule has 1 aliphatic heterocycles. The van der Waals surface area contributed by atoms with Gasteiger partial charge in [0.2, 0.25) is 0 Å². The Bertz CT molecular complexity index is 560. The van der Waals surface area contributed by atoms with Crippen LogP contribution in [0.1, 0.15) is 23.2 Å². The molecule has 0 spiro atoms. The minimum atomic E-state index is 0.331. The third-order valence-electron chi connectivity index (χ3n) is 3.21. The Morgan fingerprint density at radius 2 is 2.22 bits per heavy atom. The lowest BCUT2D eigenvalue weighted by molar-refractivity contribution is 0.0904. The first-order chi connectivity index (χ1) is 8.88. The Labute approximate surface area is 104 Å². The Hall–Kier alpha value is -1.95. The highest BCUT2D eigenvalue weighted by Gasteiger charge is 2.17. The fourth-order valence-corrected chi connectivity index (χ4v) is 2.21. The smallest absolute Gasteiger partial charge is 0.157 e. The van der Waals surface area contributed by atoms with Crippen molar-refractivity contribution in [2.24, 2.45) is 0 Å². The molecule has 0 atom stereocenters. The summed E-state index contributed by atoms with van der Waals surface area (Å²) in [6.07, 6.45) is 5.97. The number of rotatable bonds is 3. The van der Waals surface area contributed by atoms with Gasteiger partial charge in [0.25, 0.3) is 0 Å². The number of fused-ring (bicyclic) bond motifs is 1. The van der Waals surface area contributed by atoms with Gasteiger partial charge in [-0.05, 0) is 12.8 Å². The third kappa shape index (κ3) is 1.95. The zero-order chi connectivity index (χ0) is 12.4. The molecule has 6 nitrogen and oxygen atoms in total. The zero-order valence-corrected chi connectivity index (χ0v) is 9.85. The van der Waals surface area contributed by atoms with Gasteiger partial charge in [-0.15, -0.1) is 0 Å². The van der Waals surface area contributed by atoms with Crippen LogP contribution in [0.4, 0.5) is 5.69 Å². The van der Waals surface area contributed by atoms with Crippen molar-refractivity contribution in [1.29, 1.82) is 0 Å². The summed E-state index contributed by atoms with van der Waals surface area (Å²) in [7, 11) is 0. The lowest BCUT2D eigenvalue weighted by Gasteiger charge is -2.24. The summed E-state index contributed by atoms with van der Waals surface area (Å²) in [4.78, 5) is 15.3. The molecule has 18 heavy (non-hydrogen) atoms. The average Bonchev–Trinajstić information content (AvgIpc) is 2.89. The lowest BCUT2D eigenvalue weighted by Crippen LogP contribution is -2.28. The van der Waals surface area contributed by atoms with Gasteiger partial charge in [-0.3, -0.25) is 9.89 Å². The van der Waals surface area contributed by atoms with Gasteiger partial charge in [0, 0.05) is 25.5 Å². The van der Waals surface area contributed by atoms with Crippen LogP contribution in [-0.4, -0.2) is 40.7 Å². The minimum absolute atomic E-state index is 0.331. The van der Waals surface area contributed by atoms with Crippen LogP contribution in [0.2, 0.25) is 0 Å². The number of carbonyl (C=O) groups is 1. The molecule has 0 amide bonds. The molecule has 0 saturated carbocycles. The molecule has 94 valence electrons. The maximum atomic E-state index is 11.1. The van der Waals surface area contributed by atoms with Crippen LogP contribution in [0.25, 0.3) is 11.0 Å². The van der Waals surface area contributed by atoms with Gasteiger partial charge in [0.15, 0.2) is 11.9 Å². The van der Waals surface area contributed by atoms with Gasteiger partial charge < -0.3 is 10.1 Å². The van der Waals surface area contributed by atoms with Gasteiger partial charge in [-0.1, -0.05) is 0 Å². The number of hydrogen-bond acceptors (Lipinski definition) is 5. The van der Waals surface area contributed by atoms with Crippen molar-refractivity contribution in [3.8, 4) is 0 Å². The molecular formula is C12H14N4O2. The number of aldehydes is 1. The second-order valence-electron chi connectivity index (χ2n) is 4.37. The maximum Gasteiger partial charge on any atom is 0.157 e. The number of pyridine rings is 1. The summed E-state index contributed by atoms with van der Waals surface area (Å²) in [5.41, 5.74) is 2.07. The van der Waals surface area contributed by atoms with E-state index in [2.05, 4.69) is 20.5 Å². The first-order valence-electron chi connectivity index (χ1n) is 6.00. The standard InChI is InChI=1S/C12H14N4O2/c17-7-8-5-13-12-10(6-14-16-12)11(8)15-9-1-3-18-4-2-9/h5-7,9H,1-4H2,(H2,13,14,15,16). The van der Waals surface area contributed by atoms with Crippen LogP contribution in [0, 0.1) is 0 Å². The highest BCUT2D eigenvalue weighted by molar-refractivity contribution is 5.98. The van der Waals surface area contributed by atoms with E-state index in [4.69, 9.17) is 4.74 Å². The number of anilines is 1. The SMILES string of the molecule is O=Cc1cnc2[nH]ncc2c1NC1CCOCC1. The summed E-state index contributed by atoms with van der Waals surface area (Å²) >= 11 is 0. The number of aromatic amines is 1. The molecule has 2 aromatic rings. The van der Waals surface area contributed by atoms with E-state index in [9.17, 15) is 4.79 Å². The van der Waals surface area contributed by atoms with Crippen molar-refractivity contribution in [2.45, 2.75) is 18.9 Å². The fraction of sp³-hybridized carbons (Fsp3) is 0.417. The van der Waals surface area contributed by atoms with Gasteiger partial charge >= 0.3 is 0 Å². The van der Waals surface area contributed by atoms with Gasteiger partial charge in [0.1, 0.15) is 0 Å². The molecule has 3 heterocycles. The van der Waals surface area contributed by atoms with Gasteiger partial charge in [-0.25, -0.2) is 4.98 Å². The third-order valence-corrected chi connectivity index (χ3v) is 3.21. The Morgan fingerprint density at radius 1 is 1.39 bits per heavy atom. The molecule has 1 fully saturated rings. The van der Waals surface area contributed by atoms with E-state index in [1.807, 2.05) is 0 Å². The van der Waals surface area contributed by atoms with Crippen LogP contribution in [0.3, 0.4) is 0 Å². The molecule has 0 bridgehead atoms. The number of hydrogen-bond donors (Lipinski definition) is 2. The van der Waals surface area contributed by atoms with Gasteiger partial charge in [0.05, 0.1) is 22.8 Å². The van der Waals surface area contributed by atoms with E-state index >= 15 is 0 Å². The van der Waals surface area contributed by atoms with E-state index in [0.29, 0.717) is 17.3 Å².